The van der Waals surface area contributed by atoms with Crippen molar-refractivity contribution in [3.8, 4) is 0 Å². The Labute approximate surface area is 112 Å². The Morgan fingerprint density at radius 2 is 1.78 bits per heavy atom. The molecule has 102 valence electrons. The molecule has 0 bridgehead atoms. The second-order valence-electron chi connectivity index (χ2n) is 5.40. The Kier molecular flexibility index (Phi) is 6.37. The Morgan fingerprint density at radius 3 is 2.28 bits per heavy atom. The number of rotatable bonds is 7. The van der Waals surface area contributed by atoms with E-state index >= 15 is 0 Å². The van der Waals surface area contributed by atoms with Crippen LogP contribution < -0.4 is 5.32 Å². The summed E-state index contributed by atoms with van der Waals surface area (Å²) in [7, 11) is 2.18. The highest BCUT2D eigenvalue weighted by molar-refractivity contribution is 5.24. The number of nitrogens with zero attached hydrogens (tertiary/aromatic N) is 1. The van der Waals surface area contributed by atoms with Crippen LogP contribution in [0.1, 0.15) is 44.4 Å². The molecule has 2 heteroatoms. The van der Waals surface area contributed by atoms with Gasteiger partial charge in [-0.25, -0.2) is 0 Å². The van der Waals surface area contributed by atoms with E-state index in [1.165, 1.54) is 11.1 Å². The summed E-state index contributed by atoms with van der Waals surface area (Å²) in [5, 5.41) is 3.65. The van der Waals surface area contributed by atoms with E-state index in [1.54, 1.807) is 0 Å². The van der Waals surface area contributed by atoms with Gasteiger partial charge in [-0.3, -0.25) is 0 Å². The largest absolute Gasteiger partial charge is 0.309 e. The number of benzene rings is 1. The van der Waals surface area contributed by atoms with Crippen molar-refractivity contribution in [3.05, 3.63) is 35.4 Å². The lowest BCUT2D eigenvalue weighted by Gasteiger charge is -2.23. The SMILES string of the molecule is CCC(NCCN(C)C(C)C)c1ccc(C)cc1. The first-order valence-corrected chi connectivity index (χ1v) is 7.04. The van der Waals surface area contributed by atoms with Crippen LogP contribution in [0.5, 0.6) is 0 Å². The second-order valence-corrected chi connectivity index (χ2v) is 5.40. The third-order valence-electron chi connectivity index (χ3n) is 3.62. The average molecular weight is 248 g/mol. The molecule has 0 amide bonds. The second kappa shape index (κ2) is 7.55. The fraction of sp³-hybridized carbons (Fsp3) is 0.625. The molecule has 1 aromatic carbocycles. The highest BCUT2D eigenvalue weighted by Gasteiger charge is 2.09. The molecule has 1 atom stereocenters. The molecular formula is C16H28N2. The number of nitrogens with one attached hydrogen (secondary N) is 1. The molecule has 0 spiro atoms. The fourth-order valence-corrected chi connectivity index (χ4v) is 1.97. The number of hydrogen-bond donors (Lipinski definition) is 1. The van der Waals surface area contributed by atoms with Gasteiger partial charge >= 0.3 is 0 Å². The minimum Gasteiger partial charge on any atom is -0.309 e. The first-order chi connectivity index (χ1) is 8.54. The van der Waals surface area contributed by atoms with E-state index in [-0.39, 0.29) is 0 Å². The van der Waals surface area contributed by atoms with E-state index in [9.17, 15) is 0 Å². The normalized spacial score (nSPS) is 13.3. The summed E-state index contributed by atoms with van der Waals surface area (Å²) in [6, 6.07) is 9.96. The van der Waals surface area contributed by atoms with Crippen LogP contribution in [0.2, 0.25) is 0 Å². The molecule has 18 heavy (non-hydrogen) atoms. The lowest BCUT2D eigenvalue weighted by molar-refractivity contribution is 0.268. The molecule has 1 rings (SSSR count). The van der Waals surface area contributed by atoms with Crippen molar-refractivity contribution in [3.63, 3.8) is 0 Å². The fourth-order valence-electron chi connectivity index (χ4n) is 1.97. The summed E-state index contributed by atoms with van der Waals surface area (Å²) in [5.41, 5.74) is 2.73. The van der Waals surface area contributed by atoms with Crippen LogP contribution >= 0.6 is 0 Å². The van der Waals surface area contributed by atoms with Gasteiger partial charge in [0.15, 0.2) is 0 Å². The molecule has 1 N–H and O–H groups in total. The van der Waals surface area contributed by atoms with Crippen molar-refractivity contribution in [1.82, 2.24) is 10.2 Å². The van der Waals surface area contributed by atoms with E-state index in [0.717, 1.165) is 19.5 Å². The Morgan fingerprint density at radius 1 is 1.17 bits per heavy atom. The van der Waals surface area contributed by atoms with Gasteiger partial charge in [0, 0.05) is 25.2 Å². The molecule has 0 aliphatic heterocycles. The molecular weight excluding hydrogens is 220 g/mol. The van der Waals surface area contributed by atoms with Gasteiger partial charge in [0.1, 0.15) is 0 Å². The zero-order chi connectivity index (χ0) is 13.5. The lowest BCUT2D eigenvalue weighted by Crippen LogP contribution is -2.35. The van der Waals surface area contributed by atoms with E-state index in [0.29, 0.717) is 12.1 Å². The van der Waals surface area contributed by atoms with Gasteiger partial charge in [-0.15, -0.1) is 0 Å². The minimum atomic E-state index is 0.478. The highest BCUT2D eigenvalue weighted by atomic mass is 15.1. The maximum Gasteiger partial charge on any atom is 0.0318 e. The van der Waals surface area contributed by atoms with Crippen LogP contribution in [-0.2, 0) is 0 Å². The maximum atomic E-state index is 3.65. The molecule has 0 heterocycles. The summed E-state index contributed by atoms with van der Waals surface area (Å²) in [5.74, 6) is 0. The topological polar surface area (TPSA) is 15.3 Å². The van der Waals surface area contributed by atoms with E-state index < -0.39 is 0 Å². The first kappa shape index (κ1) is 15.2. The van der Waals surface area contributed by atoms with E-state index in [2.05, 4.69) is 69.2 Å². The molecule has 0 saturated carbocycles. The van der Waals surface area contributed by atoms with Crippen molar-refractivity contribution in [2.45, 2.75) is 46.2 Å². The molecule has 1 unspecified atom stereocenters. The average Bonchev–Trinajstić information content (AvgIpc) is 2.35. The molecule has 2 nitrogen and oxygen atoms in total. The van der Waals surface area contributed by atoms with Crippen LogP contribution in [0.25, 0.3) is 0 Å². The predicted octanol–water partition coefficient (Wildman–Crippen LogP) is 3.38. The van der Waals surface area contributed by atoms with E-state index in [4.69, 9.17) is 0 Å². The van der Waals surface area contributed by atoms with Gasteiger partial charge < -0.3 is 10.2 Å². The number of likely N-dealkylation sites (N-methyl/N-ethyl adjacent to an activating group) is 1. The summed E-state index contributed by atoms with van der Waals surface area (Å²) in [6.07, 6.45) is 1.13. The van der Waals surface area contributed by atoms with Gasteiger partial charge in [0.05, 0.1) is 0 Å². The van der Waals surface area contributed by atoms with Crippen molar-refractivity contribution >= 4 is 0 Å². The molecule has 0 fully saturated rings. The van der Waals surface area contributed by atoms with Crippen molar-refractivity contribution in [1.29, 1.82) is 0 Å². The highest BCUT2D eigenvalue weighted by Crippen LogP contribution is 2.16. The van der Waals surface area contributed by atoms with E-state index in [1.807, 2.05) is 0 Å². The maximum absolute atomic E-state index is 3.65. The smallest absolute Gasteiger partial charge is 0.0318 e. The zero-order valence-corrected chi connectivity index (χ0v) is 12.5. The standard InChI is InChI=1S/C16H28N2/c1-6-16(15-9-7-14(4)8-10-15)17-11-12-18(5)13(2)3/h7-10,13,16-17H,6,11-12H2,1-5H3. The molecule has 0 aromatic heterocycles. The molecule has 0 radical (unpaired) electrons. The summed E-state index contributed by atoms with van der Waals surface area (Å²) in [6.45, 7) is 11.0. The van der Waals surface area contributed by atoms with Gasteiger partial charge in [0.25, 0.3) is 0 Å². The van der Waals surface area contributed by atoms with Crippen molar-refractivity contribution in [2.75, 3.05) is 20.1 Å². The van der Waals surface area contributed by atoms with Crippen LogP contribution in [0.3, 0.4) is 0 Å². The van der Waals surface area contributed by atoms with Crippen molar-refractivity contribution in [2.24, 2.45) is 0 Å². The summed E-state index contributed by atoms with van der Waals surface area (Å²) >= 11 is 0. The van der Waals surface area contributed by atoms with Gasteiger partial charge in [-0.2, -0.15) is 0 Å². The molecule has 1 aromatic rings. The van der Waals surface area contributed by atoms with Crippen LogP contribution in [-0.4, -0.2) is 31.1 Å². The third-order valence-corrected chi connectivity index (χ3v) is 3.62. The quantitative estimate of drug-likeness (QED) is 0.796. The Hall–Kier alpha value is -0.860. The van der Waals surface area contributed by atoms with Crippen LogP contribution in [0, 0.1) is 6.92 Å². The number of hydrogen-bond acceptors (Lipinski definition) is 2. The Balaban J connectivity index is 2.45. The summed E-state index contributed by atoms with van der Waals surface area (Å²) < 4.78 is 0. The Bertz CT molecular complexity index is 329. The van der Waals surface area contributed by atoms with Gasteiger partial charge in [-0.1, -0.05) is 36.8 Å². The molecule has 0 aliphatic rings. The number of aryl methyl sites for hydroxylation is 1. The molecule has 0 aliphatic carbocycles. The monoisotopic (exact) mass is 248 g/mol. The molecule has 0 saturated heterocycles. The van der Waals surface area contributed by atoms with Crippen LogP contribution in [0.15, 0.2) is 24.3 Å². The lowest BCUT2D eigenvalue weighted by atomic mass is 10.0. The third kappa shape index (κ3) is 4.79. The van der Waals surface area contributed by atoms with Gasteiger partial charge in [0.2, 0.25) is 0 Å². The van der Waals surface area contributed by atoms with Crippen molar-refractivity contribution < 1.29 is 0 Å². The summed E-state index contributed by atoms with van der Waals surface area (Å²) in [4.78, 5) is 2.37. The first-order valence-electron chi connectivity index (χ1n) is 7.04. The van der Waals surface area contributed by atoms with Crippen LogP contribution in [0.4, 0.5) is 0 Å². The zero-order valence-electron chi connectivity index (χ0n) is 12.5. The predicted molar refractivity (Wildman–Crippen MR) is 80.0 cm³/mol. The van der Waals surface area contributed by atoms with Gasteiger partial charge in [-0.05, 0) is 39.8 Å². The minimum absolute atomic E-state index is 0.478.